The minimum atomic E-state index is -2.72. The van der Waals surface area contributed by atoms with Crippen LogP contribution in [0.5, 0.6) is 0 Å². The molecule has 10 heteroatoms. The molecule has 3 fully saturated rings. The Balaban J connectivity index is 0.00000387. The number of hydrogen-bond acceptors (Lipinski definition) is 4. The van der Waals surface area contributed by atoms with Crippen LogP contribution in [0.4, 0.5) is 8.78 Å². The van der Waals surface area contributed by atoms with Gasteiger partial charge in [-0.05, 0) is 50.7 Å². The fraction of sp³-hybridized carbons (Fsp3) is 0.581. The molecule has 2 aliphatic heterocycles. The summed E-state index contributed by atoms with van der Waals surface area (Å²) in [5.74, 6) is -3.49. The Morgan fingerprint density at radius 1 is 1.02 bits per heavy atom. The number of likely N-dealkylation sites (tertiary alicyclic amines) is 2. The first-order chi connectivity index (χ1) is 19.0. The highest BCUT2D eigenvalue weighted by Gasteiger charge is 2.51. The average molecular weight is 592 g/mol. The van der Waals surface area contributed by atoms with Gasteiger partial charge in [0.05, 0.1) is 0 Å². The van der Waals surface area contributed by atoms with E-state index in [0.717, 1.165) is 54.6 Å². The molecule has 3 heterocycles. The number of rotatable bonds is 6. The molecule has 41 heavy (non-hydrogen) atoms. The third kappa shape index (κ3) is 6.51. The van der Waals surface area contributed by atoms with Gasteiger partial charge in [-0.25, -0.2) is 8.78 Å². The Bertz CT molecular complexity index is 1240. The van der Waals surface area contributed by atoms with E-state index in [1.807, 2.05) is 47.1 Å². The first kappa shape index (κ1) is 31.2. The summed E-state index contributed by atoms with van der Waals surface area (Å²) in [4.78, 5) is 33.0. The maximum Gasteiger partial charge on any atom is 0.260 e. The lowest BCUT2D eigenvalue weighted by atomic mass is 9.79. The molecule has 0 spiro atoms. The lowest BCUT2D eigenvalue weighted by molar-refractivity contribution is -0.908. The number of piperidine rings is 2. The lowest BCUT2D eigenvalue weighted by Crippen LogP contribution is -2.59. The molecule has 1 aliphatic carbocycles. The van der Waals surface area contributed by atoms with Crippen molar-refractivity contribution in [2.75, 3.05) is 26.2 Å². The molecule has 5 rings (SSSR count). The van der Waals surface area contributed by atoms with Gasteiger partial charge in [0, 0.05) is 80.8 Å². The number of aromatic nitrogens is 1. The van der Waals surface area contributed by atoms with Crippen molar-refractivity contribution < 1.29 is 28.3 Å². The van der Waals surface area contributed by atoms with Crippen LogP contribution in [0.1, 0.15) is 72.6 Å². The molecule has 1 aromatic carbocycles. The number of nitrogens with zero attached hydrogens (tertiary/aromatic N) is 4. The van der Waals surface area contributed by atoms with E-state index >= 15 is 0 Å². The summed E-state index contributed by atoms with van der Waals surface area (Å²) in [5, 5.41) is 10.1. The highest BCUT2D eigenvalue weighted by atomic mass is 35.5. The molecular formula is C31H42ClF2N4O3+. The fourth-order valence-electron chi connectivity index (χ4n) is 6.72. The monoisotopic (exact) mass is 591 g/mol. The van der Waals surface area contributed by atoms with Crippen LogP contribution in [0.15, 0.2) is 42.6 Å². The average Bonchev–Trinajstić information content (AvgIpc) is 2.93. The predicted octanol–water partition coefficient (Wildman–Crippen LogP) is 4.78. The van der Waals surface area contributed by atoms with Crippen molar-refractivity contribution in [1.82, 2.24) is 14.7 Å². The molecule has 3 aliphatic rings. The summed E-state index contributed by atoms with van der Waals surface area (Å²) >= 11 is 0. The van der Waals surface area contributed by atoms with Crippen LogP contribution < -0.4 is 4.73 Å². The van der Waals surface area contributed by atoms with Crippen LogP contribution in [-0.4, -0.2) is 75.4 Å². The molecule has 2 amide bonds. The smallest absolute Gasteiger partial charge is 0.260 e. The largest absolute Gasteiger partial charge is 0.338 e. The van der Waals surface area contributed by atoms with Crippen LogP contribution in [0.3, 0.4) is 0 Å². The number of benzene rings is 1. The third-order valence-electron chi connectivity index (χ3n) is 9.49. The number of hydrogen-bond donors (Lipinski definition) is 1. The Morgan fingerprint density at radius 3 is 2.22 bits per heavy atom. The Labute approximate surface area is 247 Å². The van der Waals surface area contributed by atoms with E-state index in [9.17, 15) is 23.6 Å². The van der Waals surface area contributed by atoms with Gasteiger partial charge < -0.3 is 9.80 Å². The van der Waals surface area contributed by atoms with Crippen molar-refractivity contribution in [2.24, 2.45) is 5.92 Å². The number of pyridine rings is 1. The van der Waals surface area contributed by atoms with Crippen molar-refractivity contribution in [2.45, 2.75) is 83.3 Å². The van der Waals surface area contributed by atoms with E-state index in [2.05, 4.69) is 11.8 Å². The molecule has 0 radical (unpaired) electrons. The van der Waals surface area contributed by atoms with Gasteiger partial charge in [0.15, 0.2) is 0 Å². The molecule has 1 aromatic heterocycles. The van der Waals surface area contributed by atoms with E-state index in [-0.39, 0.29) is 48.6 Å². The summed E-state index contributed by atoms with van der Waals surface area (Å²) in [5.41, 5.74) is 2.92. The van der Waals surface area contributed by atoms with E-state index in [1.165, 1.54) is 0 Å². The maximum atomic E-state index is 13.6. The molecule has 1 saturated carbocycles. The standard InChI is InChI=1S/C31H41F2N4O3.ClH/c1-22-9-16-37(40)23(2)27(22)29(39)34-17-12-30(3,13-18-34)35-14-10-26(11-15-35)36(21-24-7-5-4-6-8-24)28(38)25-19-31(32,33)20-25;/h4-9,16,25-26,40H,10-15,17-21H2,1-3H3;1H/q+1;. The summed E-state index contributed by atoms with van der Waals surface area (Å²) < 4.78 is 28.2. The van der Waals surface area contributed by atoms with Gasteiger partial charge in [0.25, 0.3) is 5.91 Å². The van der Waals surface area contributed by atoms with Crippen LogP contribution in [0.2, 0.25) is 0 Å². The lowest BCUT2D eigenvalue weighted by Gasteiger charge is -2.50. The molecule has 2 saturated heterocycles. The fourth-order valence-corrected chi connectivity index (χ4v) is 6.72. The van der Waals surface area contributed by atoms with Crippen molar-refractivity contribution in [1.29, 1.82) is 0 Å². The summed E-state index contributed by atoms with van der Waals surface area (Å²) in [6.45, 7) is 9.30. The zero-order valence-corrected chi connectivity index (χ0v) is 25.0. The van der Waals surface area contributed by atoms with Crippen molar-refractivity contribution in [3.63, 3.8) is 0 Å². The topological polar surface area (TPSA) is 68.0 Å². The Kier molecular flexibility index (Phi) is 9.29. The van der Waals surface area contributed by atoms with Crippen molar-refractivity contribution in [3.05, 3.63) is 65.0 Å². The van der Waals surface area contributed by atoms with Crippen LogP contribution in [0.25, 0.3) is 0 Å². The minimum Gasteiger partial charge on any atom is -0.338 e. The van der Waals surface area contributed by atoms with Crippen molar-refractivity contribution >= 4 is 24.2 Å². The van der Waals surface area contributed by atoms with Crippen LogP contribution >= 0.6 is 12.4 Å². The highest BCUT2D eigenvalue weighted by Crippen LogP contribution is 2.44. The Hall–Kier alpha value is -2.78. The minimum absolute atomic E-state index is 0. The third-order valence-corrected chi connectivity index (χ3v) is 9.49. The van der Waals surface area contributed by atoms with Crippen LogP contribution in [0, 0.1) is 19.8 Å². The zero-order valence-electron chi connectivity index (χ0n) is 24.2. The van der Waals surface area contributed by atoms with Gasteiger partial charge >= 0.3 is 0 Å². The Morgan fingerprint density at radius 2 is 1.63 bits per heavy atom. The quantitative estimate of drug-likeness (QED) is 0.388. The second kappa shape index (κ2) is 12.2. The molecule has 0 unspecified atom stereocenters. The highest BCUT2D eigenvalue weighted by molar-refractivity contribution is 5.96. The van der Waals surface area contributed by atoms with Gasteiger partial charge in [-0.2, -0.15) is 0 Å². The molecule has 1 N–H and O–H groups in total. The summed E-state index contributed by atoms with van der Waals surface area (Å²) in [7, 11) is 0. The second-order valence-corrected chi connectivity index (χ2v) is 12.2. The zero-order chi connectivity index (χ0) is 28.7. The molecule has 0 atom stereocenters. The number of aryl methyl sites for hydroxylation is 1. The van der Waals surface area contributed by atoms with Gasteiger partial charge in [-0.3, -0.25) is 19.7 Å². The first-order valence-corrected chi connectivity index (χ1v) is 14.5. The number of carbonyl (C=O) groups excluding carboxylic acids is 2. The van der Waals surface area contributed by atoms with E-state index < -0.39 is 11.8 Å². The number of alkyl halides is 2. The first-order valence-electron chi connectivity index (χ1n) is 14.5. The van der Waals surface area contributed by atoms with Crippen LogP contribution in [-0.2, 0) is 11.3 Å². The molecule has 0 bridgehead atoms. The number of halogens is 3. The number of carbonyl (C=O) groups is 2. The SMILES string of the molecule is Cc1cc[n+](O)c(C)c1C(=O)N1CCC(C)(N2CCC(N(Cc3ccccc3)C(=O)C3CC(F)(F)C3)CC2)CC1.Cl. The number of amides is 2. The summed E-state index contributed by atoms with van der Waals surface area (Å²) in [6.07, 6.45) is 4.16. The van der Waals surface area contributed by atoms with E-state index in [1.54, 1.807) is 19.2 Å². The normalized spacial score (nSPS) is 21.0. The van der Waals surface area contributed by atoms with Crippen molar-refractivity contribution in [3.8, 4) is 0 Å². The van der Waals surface area contributed by atoms with Gasteiger partial charge in [-0.1, -0.05) is 30.3 Å². The van der Waals surface area contributed by atoms with Gasteiger partial charge in [0.2, 0.25) is 23.7 Å². The molecule has 2 aromatic rings. The predicted molar refractivity (Wildman–Crippen MR) is 153 cm³/mol. The molecular weight excluding hydrogens is 550 g/mol. The van der Waals surface area contributed by atoms with Gasteiger partial charge in [-0.15, -0.1) is 12.4 Å². The summed E-state index contributed by atoms with van der Waals surface area (Å²) in [6, 6.07) is 11.6. The van der Waals surface area contributed by atoms with E-state index in [4.69, 9.17) is 0 Å². The molecule has 224 valence electrons. The second-order valence-electron chi connectivity index (χ2n) is 12.2. The maximum absolute atomic E-state index is 13.6. The molecule has 7 nitrogen and oxygen atoms in total. The van der Waals surface area contributed by atoms with E-state index in [0.29, 0.717) is 30.9 Å². The van der Waals surface area contributed by atoms with Gasteiger partial charge in [0.1, 0.15) is 5.56 Å².